The molecule has 5 heteroatoms. The smallest absolute Gasteiger partial charge is 0.200 e. The predicted octanol–water partition coefficient (Wildman–Crippen LogP) is 3.23. The van der Waals surface area contributed by atoms with Crippen molar-refractivity contribution in [2.24, 2.45) is 5.10 Å². The molecule has 1 N–H and O–H groups in total. The Morgan fingerprint density at radius 1 is 1.16 bits per heavy atom. The van der Waals surface area contributed by atoms with E-state index in [0.717, 1.165) is 24.8 Å². The average Bonchev–Trinajstić information content (AvgIpc) is 2.38. The number of hydrazone groups is 1. The Morgan fingerprint density at radius 3 is 2.47 bits per heavy atom. The van der Waals surface area contributed by atoms with Gasteiger partial charge < -0.3 is 0 Å². The first-order valence-electron chi connectivity index (χ1n) is 6.66. The maximum atomic E-state index is 11.9. The summed E-state index contributed by atoms with van der Waals surface area (Å²) in [5.41, 5.74) is 1.03. The van der Waals surface area contributed by atoms with Crippen molar-refractivity contribution in [3.8, 4) is 0 Å². The van der Waals surface area contributed by atoms with E-state index in [1.807, 2.05) is 6.92 Å². The Hall–Kier alpha value is -1.36. The van der Waals surface area contributed by atoms with E-state index >= 15 is 0 Å². The lowest BCUT2D eigenvalue weighted by Crippen LogP contribution is -2.18. The van der Waals surface area contributed by atoms with Gasteiger partial charge in [0.2, 0.25) is 0 Å². The summed E-state index contributed by atoms with van der Waals surface area (Å²) in [6.45, 7) is 4.07. The third-order valence-corrected chi connectivity index (χ3v) is 4.02. The van der Waals surface area contributed by atoms with Gasteiger partial charge >= 0.3 is 0 Å². The first-order valence-corrected chi connectivity index (χ1v) is 8.14. The molecule has 19 heavy (non-hydrogen) atoms. The van der Waals surface area contributed by atoms with Gasteiger partial charge in [-0.25, -0.2) is 4.83 Å². The van der Waals surface area contributed by atoms with Gasteiger partial charge in [0, 0.05) is 6.21 Å². The monoisotopic (exact) mass is 282 g/mol. The summed E-state index contributed by atoms with van der Waals surface area (Å²) in [7, 11) is -3.52. The average molecular weight is 282 g/mol. The molecule has 0 saturated heterocycles. The summed E-state index contributed by atoms with van der Waals surface area (Å²) in [5.74, 6) is 0. The standard InChI is InChI=1S/C14H22N2O2S/c1-3-4-5-6-7-12-15-16-19(17,18)14-10-8-13(2)9-11-14/h8-12,16H,3-7H2,1-2H3/b15-12-. The van der Waals surface area contributed by atoms with Crippen molar-refractivity contribution >= 4 is 16.2 Å². The maximum Gasteiger partial charge on any atom is 0.276 e. The zero-order valence-corrected chi connectivity index (χ0v) is 12.4. The molecular weight excluding hydrogens is 260 g/mol. The second-order valence-electron chi connectivity index (χ2n) is 4.57. The van der Waals surface area contributed by atoms with Gasteiger partial charge in [0.05, 0.1) is 4.90 Å². The van der Waals surface area contributed by atoms with Crippen LogP contribution in [-0.2, 0) is 10.0 Å². The molecule has 0 aliphatic heterocycles. The Bertz CT molecular complexity index is 493. The summed E-state index contributed by atoms with van der Waals surface area (Å²) in [6, 6.07) is 6.69. The number of nitrogens with zero attached hydrogens (tertiary/aromatic N) is 1. The number of rotatable bonds is 8. The number of hydrogen-bond donors (Lipinski definition) is 1. The van der Waals surface area contributed by atoms with Crippen LogP contribution in [0.1, 0.15) is 44.6 Å². The zero-order chi connectivity index (χ0) is 14.1. The zero-order valence-electron chi connectivity index (χ0n) is 11.6. The quantitative estimate of drug-likeness (QED) is 0.452. The lowest BCUT2D eigenvalue weighted by atomic mass is 10.2. The molecule has 1 aromatic carbocycles. The number of sulfonamides is 1. The molecule has 106 valence electrons. The fraction of sp³-hybridized carbons (Fsp3) is 0.500. The highest BCUT2D eigenvalue weighted by atomic mass is 32.2. The number of hydrogen-bond acceptors (Lipinski definition) is 3. The second-order valence-corrected chi connectivity index (χ2v) is 6.23. The van der Waals surface area contributed by atoms with Crippen molar-refractivity contribution < 1.29 is 8.42 Å². The van der Waals surface area contributed by atoms with E-state index in [4.69, 9.17) is 0 Å². The van der Waals surface area contributed by atoms with Crippen molar-refractivity contribution in [3.63, 3.8) is 0 Å². The fourth-order valence-electron chi connectivity index (χ4n) is 1.60. The lowest BCUT2D eigenvalue weighted by molar-refractivity contribution is 0.584. The van der Waals surface area contributed by atoms with Gasteiger partial charge in [-0.2, -0.15) is 13.5 Å². The van der Waals surface area contributed by atoms with Crippen molar-refractivity contribution in [2.75, 3.05) is 0 Å². The van der Waals surface area contributed by atoms with Crippen molar-refractivity contribution in [2.45, 2.75) is 50.8 Å². The Labute approximate surface area is 116 Å². The van der Waals surface area contributed by atoms with Crippen LogP contribution in [0.25, 0.3) is 0 Å². The van der Waals surface area contributed by atoms with Crippen molar-refractivity contribution in [1.29, 1.82) is 0 Å². The van der Waals surface area contributed by atoms with Gasteiger partial charge in [-0.05, 0) is 31.9 Å². The molecular formula is C14H22N2O2S. The summed E-state index contributed by atoms with van der Waals surface area (Å²) in [6.07, 6.45) is 7.04. The van der Waals surface area contributed by atoms with E-state index < -0.39 is 10.0 Å². The molecule has 0 heterocycles. The van der Waals surface area contributed by atoms with E-state index in [-0.39, 0.29) is 4.90 Å². The third kappa shape index (κ3) is 5.87. The molecule has 0 saturated carbocycles. The summed E-state index contributed by atoms with van der Waals surface area (Å²) in [5, 5.41) is 3.78. The minimum atomic E-state index is -3.52. The van der Waals surface area contributed by atoms with Crippen LogP contribution >= 0.6 is 0 Å². The maximum absolute atomic E-state index is 11.9. The topological polar surface area (TPSA) is 58.5 Å². The van der Waals surface area contributed by atoms with Crippen LogP contribution in [-0.4, -0.2) is 14.6 Å². The van der Waals surface area contributed by atoms with Gasteiger partial charge in [0.1, 0.15) is 0 Å². The molecule has 1 aromatic rings. The SMILES string of the molecule is CCCCCC/C=N\NS(=O)(=O)c1ccc(C)cc1. The first-order chi connectivity index (χ1) is 9.06. The minimum Gasteiger partial charge on any atom is -0.200 e. The van der Waals surface area contributed by atoms with Gasteiger partial charge in [-0.3, -0.25) is 0 Å². The van der Waals surface area contributed by atoms with Crippen LogP contribution in [0.4, 0.5) is 0 Å². The van der Waals surface area contributed by atoms with E-state index in [9.17, 15) is 8.42 Å². The molecule has 0 bridgehead atoms. The van der Waals surface area contributed by atoms with Crippen molar-refractivity contribution in [3.05, 3.63) is 29.8 Å². The predicted molar refractivity (Wildman–Crippen MR) is 78.8 cm³/mol. The molecule has 0 atom stereocenters. The molecule has 0 aliphatic rings. The highest BCUT2D eigenvalue weighted by molar-refractivity contribution is 7.89. The van der Waals surface area contributed by atoms with E-state index in [0.29, 0.717) is 0 Å². The number of unbranched alkanes of at least 4 members (excludes halogenated alkanes) is 4. The van der Waals surface area contributed by atoms with E-state index in [1.54, 1.807) is 30.5 Å². The molecule has 0 radical (unpaired) electrons. The molecule has 0 spiro atoms. The normalized spacial score (nSPS) is 11.9. The highest BCUT2D eigenvalue weighted by Gasteiger charge is 2.11. The number of benzene rings is 1. The van der Waals surface area contributed by atoms with Gasteiger partial charge in [-0.1, -0.05) is 43.9 Å². The van der Waals surface area contributed by atoms with Crippen LogP contribution in [0.15, 0.2) is 34.3 Å². The van der Waals surface area contributed by atoms with Gasteiger partial charge in [0.25, 0.3) is 10.0 Å². The summed E-state index contributed by atoms with van der Waals surface area (Å²) < 4.78 is 23.7. The van der Waals surface area contributed by atoms with Crippen LogP contribution in [0.3, 0.4) is 0 Å². The van der Waals surface area contributed by atoms with E-state index in [1.165, 1.54) is 12.8 Å². The van der Waals surface area contributed by atoms with Crippen LogP contribution in [0.5, 0.6) is 0 Å². The minimum absolute atomic E-state index is 0.237. The highest BCUT2D eigenvalue weighted by Crippen LogP contribution is 2.09. The Kier molecular flexibility index (Phi) is 6.56. The largest absolute Gasteiger partial charge is 0.276 e. The number of aryl methyl sites for hydroxylation is 1. The molecule has 1 rings (SSSR count). The van der Waals surface area contributed by atoms with E-state index in [2.05, 4.69) is 16.9 Å². The Morgan fingerprint density at radius 2 is 1.84 bits per heavy atom. The van der Waals surface area contributed by atoms with Gasteiger partial charge in [0.15, 0.2) is 0 Å². The van der Waals surface area contributed by atoms with Crippen LogP contribution < -0.4 is 4.83 Å². The summed E-state index contributed by atoms with van der Waals surface area (Å²) >= 11 is 0. The van der Waals surface area contributed by atoms with Crippen molar-refractivity contribution in [1.82, 2.24) is 4.83 Å². The molecule has 0 fully saturated rings. The fourth-order valence-corrected chi connectivity index (χ4v) is 2.42. The second kappa shape index (κ2) is 7.94. The van der Waals surface area contributed by atoms with Crippen LogP contribution in [0, 0.1) is 6.92 Å². The molecule has 0 unspecified atom stereocenters. The number of nitrogens with one attached hydrogen (secondary N) is 1. The molecule has 0 aliphatic carbocycles. The van der Waals surface area contributed by atoms with Crippen LogP contribution in [0.2, 0.25) is 0 Å². The first kappa shape index (κ1) is 15.7. The third-order valence-electron chi connectivity index (χ3n) is 2.78. The Balaban J connectivity index is 2.43. The summed E-state index contributed by atoms with van der Waals surface area (Å²) in [4.78, 5) is 2.46. The van der Waals surface area contributed by atoms with Gasteiger partial charge in [-0.15, -0.1) is 0 Å². The lowest BCUT2D eigenvalue weighted by Gasteiger charge is -2.03. The molecule has 0 aromatic heterocycles. The molecule has 4 nitrogen and oxygen atoms in total. The molecule has 0 amide bonds.